The Balaban J connectivity index is 1.70. The van der Waals surface area contributed by atoms with Crippen molar-refractivity contribution in [2.75, 3.05) is 30.4 Å². The summed E-state index contributed by atoms with van der Waals surface area (Å²) in [7, 11) is 1.60. The lowest BCUT2D eigenvalue weighted by molar-refractivity contribution is 0.102. The summed E-state index contributed by atoms with van der Waals surface area (Å²) in [6, 6.07) is 15.2. The third-order valence-electron chi connectivity index (χ3n) is 4.21. The average Bonchev–Trinajstić information content (AvgIpc) is 2.63. The second kappa shape index (κ2) is 7.18. The molecule has 0 atom stereocenters. The molecular weight excluding hydrogens is 288 g/mol. The predicted octanol–water partition coefficient (Wildman–Crippen LogP) is 3.94. The average molecular weight is 310 g/mol. The maximum atomic E-state index is 12.4. The summed E-state index contributed by atoms with van der Waals surface area (Å²) in [6.07, 6.45) is 3.81. The molecule has 1 saturated heterocycles. The molecule has 0 saturated carbocycles. The highest BCUT2D eigenvalue weighted by molar-refractivity contribution is 6.05. The lowest BCUT2D eigenvalue weighted by Crippen LogP contribution is -2.29. The zero-order valence-electron chi connectivity index (χ0n) is 13.4. The number of rotatable bonds is 4. The van der Waals surface area contributed by atoms with Gasteiger partial charge in [0.2, 0.25) is 0 Å². The fourth-order valence-electron chi connectivity index (χ4n) is 2.92. The molecule has 1 fully saturated rings. The molecular formula is C19H22N2O2. The number of nitrogens with zero attached hydrogens (tertiary/aromatic N) is 1. The van der Waals surface area contributed by atoms with Crippen molar-refractivity contribution in [1.82, 2.24) is 0 Å². The minimum Gasteiger partial charge on any atom is -0.495 e. The smallest absolute Gasteiger partial charge is 0.255 e. The molecule has 0 unspecified atom stereocenters. The van der Waals surface area contributed by atoms with Gasteiger partial charge >= 0.3 is 0 Å². The Morgan fingerprint density at radius 1 is 1.00 bits per heavy atom. The second-order valence-corrected chi connectivity index (χ2v) is 5.75. The number of hydrogen-bond donors (Lipinski definition) is 1. The summed E-state index contributed by atoms with van der Waals surface area (Å²) in [5.41, 5.74) is 2.52. The minimum atomic E-state index is -0.125. The number of anilines is 2. The van der Waals surface area contributed by atoms with Gasteiger partial charge in [-0.25, -0.2) is 0 Å². The number of hydrogen-bond acceptors (Lipinski definition) is 3. The van der Waals surface area contributed by atoms with Gasteiger partial charge in [-0.05, 0) is 55.7 Å². The van der Waals surface area contributed by atoms with Crippen molar-refractivity contribution in [1.29, 1.82) is 0 Å². The fraction of sp³-hybridized carbons (Fsp3) is 0.316. The number of amides is 1. The van der Waals surface area contributed by atoms with Crippen LogP contribution in [0, 0.1) is 0 Å². The Morgan fingerprint density at radius 3 is 2.39 bits per heavy atom. The van der Waals surface area contributed by atoms with E-state index >= 15 is 0 Å². The van der Waals surface area contributed by atoms with Gasteiger partial charge in [-0.1, -0.05) is 12.1 Å². The van der Waals surface area contributed by atoms with Crippen LogP contribution < -0.4 is 15.0 Å². The first-order chi connectivity index (χ1) is 11.3. The molecule has 1 aliphatic heterocycles. The third kappa shape index (κ3) is 3.65. The minimum absolute atomic E-state index is 0.125. The lowest BCUT2D eigenvalue weighted by Gasteiger charge is -2.28. The van der Waals surface area contributed by atoms with Crippen LogP contribution in [0.4, 0.5) is 11.4 Å². The van der Waals surface area contributed by atoms with Crippen LogP contribution in [0.2, 0.25) is 0 Å². The van der Waals surface area contributed by atoms with E-state index in [2.05, 4.69) is 10.2 Å². The van der Waals surface area contributed by atoms with Gasteiger partial charge in [0, 0.05) is 24.3 Å². The van der Waals surface area contributed by atoms with E-state index in [4.69, 9.17) is 4.74 Å². The lowest BCUT2D eigenvalue weighted by atomic mass is 10.1. The van der Waals surface area contributed by atoms with Crippen molar-refractivity contribution < 1.29 is 9.53 Å². The summed E-state index contributed by atoms with van der Waals surface area (Å²) in [5, 5.41) is 2.90. The van der Waals surface area contributed by atoms with Crippen LogP contribution in [0.3, 0.4) is 0 Å². The van der Waals surface area contributed by atoms with Crippen LogP contribution in [0.25, 0.3) is 0 Å². The Morgan fingerprint density at radius 2 is 1.70 bits per heavy atom. The number of ether oxygens (including phenoxy) is 1. The topological polar surface area (TPSA) is 41.6 Å². The van der Waals surface area contributed by atoms with Crippen LogP contribution in [0.15, 0.2) is 48.5 Å². The monoisotopic (exact) mass is 310 g/mol. The molecule has 0 aromatic heterocycles. The Kier molecular flexibility index (Phi) is 4.81. The van der Waals surface area contributed by atoms with E-state index < -0.39 is 0 Å². The van der Waals surface area contributed by atoms with Crippen molar-refractivity contribution in [3.63, 3.8) is 0 Å². The fourth-order valence-corrected chi connectivity index (χ4v) is 2.92. The highest BCUT2D eigenvalue weighted by Crippen LogP contribution is 2.24. The van der Waals surface area contributed by atoms with E-state index in [1.807, 2.05) is 48.5 Å². The summed E-state index contributed by atoms with van der Waals surface area (Å²) >= 11 is 0. The van der Waals surface area contributed by atoms with Gasteiger partial charge < -0.3 is 15.0 Å². The number of carbonyl (C=O) groups excluding carboxylic acids is 1. The normalized spacial score (nSPS) is 14.4. The summed E-state index contributed by atoms with van der Waals surface area (Å²) in [6.45, 7) is 2.21. The first kappa shape index (κ1) is 15.4. The summed E-state index contributed by atoms with van der Waals surface area (Å²) in [4.78, 5) is 14.8. The maximum Gasteiger partial charge on any atom is 0.255 e. The molecule has 23 heavy (non-hydrogen) atoms. The molecule has 4 nitrogen and oxygen atoms in total. The van der Waals surface area contributed by atoms with E-state index in [0.717, 1.165) is 13.1 Å². The number of piperidine rings is 1. The molecule has 4 heteroatoms. The van der Waals surface area contributed by atoms with E-state index in [9.17, 15) is 4.79 Å². The number of benzene rings is 2. The standard InChI is InChI=1S/C19H22N2O2/c1-23-18-8-4-3-7-17(18)20-19(22)15-9-11-16(12-10-15)21-13-5-2-6-14-21/h3-4,7-12H,2,5-6,13-14H2,1H3,(H,20,22). The van der Waals surface area contributed by atoms with Crippen LogP contribution in [-0.2, 0) is 0 Å². The first-order valence-electron chi connectivity index (χ1n) is 8.07. The molecule has 1 amide bonds. The summed E-state index contributed by atoms with van der Waals surface area (Å²) in [5.74, 6) is 0.533. The molecule has 3 rings (SSSR count). The molecule has 120 valence electrons. The van der Waals surface area contributed by atoms with E-state index in [-0.39, 0.29) is 5.91 Å². The van der Waals surface area contributed by atoms with Crippen molar-refractivity contribution >= 4 is 17.3 Å². The number of carbonyl (C=O) groups is 1. The quantitative estimate of drug-likeness (QED) is 0.930. The van der Waals surface area contributed by atoms with Crippen LogP contribution in [0.5, 0.6) is 5.75 Å². The Labute approximate surface area is 137 Å². The zero-order valence-corrected chi connectivity index (χ0v) is 13.4. The van der Waals surface area contributed by atoms with Gasteiger partial charge in [0.1, 0.15) is 5.75 Å². The van der Waals surface area contributed by atoms with Gasteiger partial charge in [-0.2, -0.15) is 0 Å². The molecule has 2 aromatic rings. The summed E-state index contributed by atoms with van der Waals surface area (Å²) < 4.78 is 5.26. The van der Waals surface area contributed by atoms with Crippen molar-refractivity contribution in [3.05, 3.63) is 54.1 Å². The number of nitrogens with one attached hydrogen (secondary N) is 1. The molecule has 1 heterocycles. The van der Waals surface area contributed by atoms with Gasteiger partial charge in [-0.3, -0.25) is 4.79 Å². The first-order valence-corrected chi connectivity index (χ1v) is 8.07. The van der Waals surface area contributed by atoms with E-state index in [1.165, 1.54) is 24.9 Å². The molecule has 2 aromatic carbocycles. The number of para-hydroxylation sites is 2. The van der Waals surface area contributed by atoms with Gasteiger partial charge in [0.05, 0.1) is 12.8 Å². The van der Waals surface area contributed by atoms with Crippen molar-refractivity contribution in [2.45, 2.75) is 19.3 Å². The van der Waals surface area contributed by atoms with E-state index in [1.54, 1.807) is 7.11 Å². The Bertz CT molecular complexity index is 661. The molecule has 0 bridgehead atoms. The van der Waals surface area contributed by atoms with Gasteiger partial charge in [0.25, 0.3) is 5.91 Å². The van der Waals surface area contributed by atoms with Gasteiger partial charge in [-0.15, -0.1) is 0 Å². The zero-order chi connectivity index (χ0) is 16.1. The van der Waals surface area contributed by atoms with Crippen LogP contribution in [-0.4, -0.2) is 26.1 Å². The maximum absolute atomic E-state index is 12.4. The SMILES string of the molecule is COc1ccccc1NC(=O)c1ccc(N2CCCCC2)cc1. The van der Waals surface area contributed by atoms with Gasteiger partial charge in [0.15, 0.2) is 0 Å². The van der Waals surface area contributed by atoms with Crippen molar-refractivity contribution in [2.24, 2.45) is 0 Å². The van der Waals surface area contributed by atoms with Crippen LogP contribution >= 0.6 is 0 Å². The number of methoxy groups -OCH3 is 1. The largest absolute Gasteiger partial charge is 0.495 e. The molecule has 0 spiro atoms. The molecule has 0 radical (unpaired) electrons. The third-order valence-corrected chi connectivity index (χ3v) is 4.21. The second-order valence-electron chi connectivity index (χ2n) is 5.75. The highest BCUT2D eigenvalue weighted by Gasteiger charge is 2.13. The molecule has 1 N–H and O–H groups in total. The van der Waals surface area contributed by atoms with Crippen molar-refractivity contribution in [3.8, 4) is 5.75 Å². The van der Waals surface area contributed by atoms with E-state index in [0.29, 0.717) is 17.0 Å². The highest BCUT2D eigenvalue weighted by atomic mass is 16.5. The Hall–Kier alpha value is -2.49. The van der Waals surface area contributed by atoms with Crippen LogP contribution in [0.1, 0.15) is 29.6 Å². The predicted molar refractivity (Wildman–Crippen MR) is 93.5 cm³/mol. The molecule has 0 aliphatic carbocycles. The molecule has 1 aliphatic rings.